The summed E-state index contributed by atoms with van der Waals surface area (Å²) in [4.78, 5) is 34.4. The maximum Gasteiger partial charge on any atom is 0.416 e. The number of piperazine rings is 1. The smallest absolute Gasteiger partial charge is 0.416 e. The van der Waals surface area contributed by atoms with E-state index in [0.717, 1.165) is 19.2 Å². The summed E-state index contributed by atoms with van der Waals surface area (Å²) in [5, 5.41) is 2.60. The van der Waals surface area contributed by atoms with Crippen LogP contribution in [0.2, 0.25) is 0 Å². The third-order valence-corrected chi connectivity index (χ3v) is 7.44. The number of nitrogen functional groups attached to an aromatic ring is 1. The molecule has 3 N–H and O–H groups in total. The summed E-state index contributed by atoms with van der Waals surface area (Å²) in [6.07, 6.45) is 0.0942. The third-order valence-electron chi connectivity index (χ3n) is 7.44. The van der Waals surface area contributed by atoms with Crippen molar-refractivity contribution in [3.05, 3.63) is 88.7 Å². The summed E-state index contributed by atoms with van der Waals surface area (Å²) in [5.74, 6) is 0.216. The number of aromatic nitrogens is 3. The second-order valence-electron chi connectivity index (χ2n) is 10.8. The molecule has 10 nitrogen and oxygen atoms in total. The molecule has 0 saturated carbocycles. The Morgan fingerprint density at radius 1 is 1.11 bits per heavy atom. The van der Waals surface area contributed by atoms with E-state index in [4.69, 9.17) is 10.5 Å². The molecule has 2 aromatic heterocycles. The van der Waals surface area contributed by atoms with E-state index in [-0.39, 0.29) is 40.9 Å². The van der Waals surface area contributed by atoms with Crippen molar-refractivity contribution in [2.24, 2.45) is 4.99 Å². The molecular formula is C32H33F3N8O2. The Bertz CT molecular complexity index is 1710. The second kappa shape index (κ2) is 13.4. The summed E-state index contributed by atoms with van der Waals surface area (Å²) >= 11 is 0. The summed E-state index contributed by atoms with van der Waals surface area (Å²) < 4.78 is 48.4. The molecule has 0 radical (unpaired) electrons. The zero-order valence-electron chi connectivity index (χ0n) is 25.1. The van der Waals surface area contributed by atoms with Crippen LogP contribution in [0.1, 0.15) is 32.6 Å². The molecule has 4 aromatic rings. The number of anilines is 2. The van der Waals surface area contributed by atoms with Gasteiger partial charge in [0.15, 0.2) is 5.82 Å². The number of ether oxygens (including phenoxy) is 1. The lowest BCUT2D eigenvalue weighted by atomic mass is 10.0. The van der Waals surface area contributed by atoms with Crippen LogP contribution in [0.25, 0.3) is 11.4 Å². The van der Waals surface area contributed by atoms with Crippen LogP contribution in [0.15, 0.2) is 65.9 Å². The lowest BCUT2D eigenvalue weighted by molar-refractivity contribution is -0.138. The molecule has 1 aliphatic rings. The van der Waals surface area contributed by atoms with Gasteiger partial charge in [0.1, 0.15) is 11.6 Å². The minimum absolute atomic E-state index is 0.0311. The van der Waals surface area contributed by atoms with Crippen LogP contribution in [0.5, 0.6) is 11.6 Å². The number of nitrogens with one attached hydrogen (secondary N) is 1. The molecule has 5 rings (SSSR count). The molecule has 1 saturated heterocycles. The van der Waals surface area contributed by atoms with Gasteiger partial charge in [-0.2, -0.15) is 18.2 Å². The number of carbonyl (C=O) groups excluding carboxylic acids is 1. The number of alkyl halides is 3. The van der Waals surface area contributed by atoms with Crippen molar-refractivity contribution in [2.75, 3.05) is 51.3 Å². The fourth-order valence-corrected chi connectivity index (χ4v) is 4.88. The molecule has 0 atom stereocenters. The first-order chi connectivity index (χ1) is 21.5. The number of benzene rings is 2. The number of likely N-dealkylation sites (N-methyl/N-ethyl adjacent to an activating group) is 1. The van der Waals surface area contributed by atoms with Gasteiger partial charge < -0.3 is 20.7 Å². The number of aliphatic imine (C=N–C) groups is 1. The number of hydrogen-bond acceptors (Lipinski definition) is 9. The van der Waals surface area contributed by atoms with Gasteiger partial charge in [-0.25, -0.2) is 4.98 Å². The van der Waals surface area contributed by atoms with Crippen molar-refractivity contribution < 1.29 is 22.7 Å². The Morgan fingerprint density at radius 2 is 1.89 bits per heavy atom. The molecule has 1 aliphatic heterocycles. The minimum atomic E-state index is -4.58. The van der Waals surface area contributed by atoms with E-state index in [1.807, 2.05) is 11.9 Å². The van der Waals surface area contributed by atoms with Crippen molar-refractivity contribution >= 4 is 23.6 Å². The van der Waals surface area contributed by atoms with E-state index in [2.05, 4.69) is 30.2 Å². The van der Waals surface area contributed by atoms with Gasteiger partial charge in [-0.3, -0.25) is 19.7 Å². The molecule has 0 bridgehead atoms. The van der Waals surface area contributed by atoms with Crippen LogP contribution in [0.3, 0.4) is 0 Å². The lowest BCUT2D eigenvalue weighted by Gasteiger charge is -2.33. The van der Waals surface area contributed by atoms with Crippen molar-refractivity contribution in [3.63, 3.8) is 0 Å². The molecule has 0 aliphatic carbocycles. The topological polar surface area (TPSA) is 122 Å². The van der Waals surface area contributed by atoms with Gasteiger partial charge in [0.2, 0.25) is 5.88 Å². The summed E-state index contributed by atoms with van der Waals surface area (Å²) in [7, 11) is 3.56. The quantitative estimate of drug-likeness (QED) is 0.256. The van der Waals surface area contributed by atoms with Crippen LogP contribution in [-0.4, -0.2) is 77.1 Å². The van der Waals surface area contributed by atoms with Gasteiger partial charge in [-0.15, -0.1) is 0 Å². The van der Waals surface area contributed by atoms with Gasteiger partial charge in [0.25, 0.3) is 5.91 Å². The molecule has 13 heteroatoms. The number of rotatable bonds is 8. The normalized spacial score (nSPS) is 14.5. The van der Waals surface area contributed by atoms with Gasteiger partial charge >= 0.3 is 6.18 Å². The van der Waals surface area contributed by atoms with Gasteiger partial charge in [-0.05, 0) is 61.5 Å². The molecule has 2 aromatic carbocycles. The lowest BCUT2D eigenvalue weighted by Crippen LogP contribution is -2.44. The SMILES string of the molecule is CN=Cc1c(N)nc(-c2cccnc2)nc1Oc1cc(C(=O)Nc2ccc(CN3CCN(C)CC3)c(C(F)(F)F)c2)ccc1C. The number of aryl methyl sites for hydroxylation is 1. The van der Waals surface area contributed by atoms with Gasteiger partial charge in [0.05, 0.1) is 11.1 Å². The number of nitrogens with zero attached hydrogens (tertiary/aromatic N) is 6. The standard InChI is InChI=1S/C32H33F3N8O2/c1-20-6-7-21(15-27(20)45-31-25(18-37-2)28(36)40-29(41-31)22-5-4-10-38-17-22)30(44)39-24-9-8-23(26(16-24)32(33,34)35)19-43-13-11-42(3)12-14-43/h4-10,15-18H,11-14,19H2,1-3H3,(H,39,44)(H2,36,40,41). The van der Waals surface area contributed by atoms with Crippen LogP contribution in [-0.2, 0) is 12.7 Å². The van der Waals surface area contributed by atoms with E-state index >= 15 is 0 Å². The second-order valence-corrected chi connectivity index (χ2v) is 10.8. The summed E-state index contributed by atoms with van der Waals surface area (Å²) in [6.45, 7) is 4.91. The zero-order chi connectivity index (χ0) is 32.1. The number of halogens is 3. The van der Waals surface area contributed by atoms with E-state index in [1.165, 1.54) is 24.4 Å². The highest BCUT2D eigenvalue weighted by Gasteiger charge is 2.34. The molecule has 3 heterocycles. The van der Waals surface area contributed by atoms with Gasteiger partial charge in [-0.1, -0.05) is 12.1 Å². The van der Waals surface area contributed by atoms with Crippen molar-refractivity contribution in [3.8, 4) is 23.0 Å². The van der Waals surface area contributed by atoms with Gasteiger partial charge in [0, 0.05) is 75.2 Å². The highest BCUT2D eigenvalue weighted by Crippen LogP contribution is 2.35. The fraction of sp³-hybridized carbons (Fsp3) is 0.281. The Morgan fingerprint density at radius 3 is 2.58 bits per heavy atom. The average Bonchev–Trinajstić information content (AvgIpc) is 3.01. The summed E-state index contributed by atoms with van der Waals surface area (Å²) in [6, 6.07) is 12.1. The number of hydrogen-bond donors (Lipinski definition) is 2. The highest BCUT2D eigenvalue weighted by atomic mass is 19.4. The molecule has 0 unspecified atom stereocenters. The molecule has 1 fully saturated rings. The monoisotopic (exact) mass is 618 g/mol. The Balaban J connectivity index is 1.39. The van der Waals surface area contributed by atoms with Crippen molar-refractivity contribution in [2.45, 2.75) is 19.6 Å². The van der Waals surface area contributed by atoms with E-state index in [0.29, 0.717) is 35.5 Å². The molecule has 0 spiro atoms. The van der Waals surface area contributed by atoms with E-state index in [1.54, 1.807) is 50.6 Å². The first kappa shape index (κ1) is 31.5. The highest BCUT2D eigenvalue weighted by molar-refractivity contribution is 6.04. The predicted molar refractivity (Wildman–Crippen MR) is 167 cm³/mol. The van der Waals surface area contributed by atoms with Crippen molar-refractivity contribution in [1.82, 2.24) is 24.8 Å². The first-order valence-electron chi connectivity index (χ1n) is 14.2. The number of pyridine rings is 1. The molecular weight excluding hydrogens is 585 g/mol. The number of nitrogens with two attached hydrogens (primary N) is 1. The molecule has 45 heavy (non-hydrogen) atoms. The Hall–Kier alpha value is -4.88. The maximum atomic E-state index is 14.1. The predicted octanol–water partition coefficient (Wildman–Crippen LogP) is 5.29. The Kier molecular flexibility index (Phi) is 9.40. The number of amides is 1. The summed E-state index contributed by atoms with van der Waals surface area (Å²) in [5.41, 5.74) is 7.45. The molecule has 234 valence electrons. The third kappa shape index (κ3) is 7.62. The largest absolute Gasteiger partial charge is 0.438 e. The fourth-order valence-electron chi connectivity index (χ4n) is 4.88. The van der Waals surface area contributed by atoms with Crippen LogP contribution >= 0.6 is 0 Å². The Labute approximate surface area is 258 Å². The van der Waals surface area contributed by atoms with Crippen LogP contribution in [0.4, 0.5) is 24.7 Å². The number of carbonyl (C=O) groups is 1. The van der Waals surface area contributed by atoms with Crippen LogP contribution < -0.4 is 15.8 Å². The molecule has 1 amide bonds. The average molecular weight is 619 g/mol. The van der Waals surface area contributed by atoms with Crippen molar-refractivity contribution in [1.29, 1.82) is 0 Å². The first-order valence-corrected chi connectivity index (χ1v) is 14.2. The van der Waals surface area contributed by atoms with Crippen LogP contribution in [0, 0.1) is 6.92 Å². The van der Waals surface area contributed by atoms with E-state index < -0.39 is 17.6 Å². The van der Waals surface area contributed by atoms with E-state index in [9.17, 15) is 18.0 Å². The minimum Gasteiger partial charge on any atom is -0.438 e. The zero-order valence-corrected chi connectivity index (χ0v) is 25.1. The maximum absolute atomic E-state index is 14.1.